The maximum absolute atomic E-state index is 12.2. The number of aryl methyl sites for hydroxylation is 1. The number of thiazole rings is 1. The number of fused-ring (bicyclic) bond motifs is 2. The zero-order chi connectivity index (χ0) is 17.1. The Balaban J connectivity index is 1.19. The molecule has 3 heterocycles. The van der Waals surface area contributed by atoms with Gasteiger partial charge in [0.05, 0.1) is 15.2 Å². The van der Waals surface area contributed by atoms with Crippen LogP contribution in [-0.4, -0.2) is 47.6 Å². The first-order valence-electron chi connectivity index (χ1n) is 9.42. The fourth-order valence-corrected chi connectivity index (χ4v) is 5.11. The Morgan fingerprint density at radius 2 is 2.16 bits per heavy atom. The van der Waals surface area contributed by atoms with Gasteiger partial charge in [-0.15, -0.1) is 11.3 Å². The van der Waals surface area contributed by atoms with Crippen LogP contribution in [-0.2, 0) is 6.42 Å². The van der Waals surface area contributed by atoms with E-state index in [1.807, 2.05) is 12.1 Å². The van der Waals surface area contributed by atoms with Crippen molar-refractivity contribution in [3.8, 4) is 0 Å². The molecule has 2 aromatic rings. The second-order valence-electron chi connectivity index (χ2n) is 7.07. The number of carbonyl (C=O) groups is 1. The lowest BCUT2D eigenvalue weighted by molar-refractivity contribution is 0.179. The molecule has 0 bridgehead atoms. The quantitative estimate of drug-likeness (QED) is 0.807. The van der Waals surface area contributed by atoms with Crippen molar-refractivity contribution in [2.75, 3.05) is 19.6 Å². The van der Waals surface area contributed by atoms with Gasteiger partial charge < -0.3 is 10.6 Å². The Morgan fingerprint density at radius 1 is 1.24 bits per heavy atom. The number of urea groups is 1. The second kappa shape index (κ2) is 7.70. The molecule has 6 heteroatoms. The van der Waals surface area contributed by atoms with Crippen LogP contribution in [0.25, 0.3) is 10.2 Å². The molecule has 0 unspecified atom stereocenters. The topological polar surface area (TPSA) is 57.3 Å². The molecular weight excluding hydrogens is 332 g/mol. The first kappa shape index (κ1) is 16.8. The predicted molar refractivity (Wildman–Crippen MR) is 102 cm³/mol. The molecule has 2 amide bonds. The van der Waals surface area contributed by atoms with E-state index < -0.39 is 0 Å². The SMILES string of the molecule is O=C(NCCCc1nc2ccccc2s1)N[C@@H]1CCN2CCCC[C@H]12. The van der Waals surface area contributed by atoms with Crippen LogP contribution in [0.15, 0.2) is 24.3 Å². The van der Waals surface area contributed by atoms with Crippen molar-refractivity contribution in [2.24, 2.45) is 0 Å². The van der Waals surface area contributed by atoms with Crippen LogP contribution in [0, 0.1) is 0 Å². The molecule has 25 heavy (non-hydrogen) atoms. The first-order chi connectivity index (χ1) is 12.3. The summed E-state index contributed by atoms with van der Waals surface area (Å²) in [5.41, 5.74) is 1.08. The van der Waals surface area contributed by atoms with Crippen molar-refractivity contribution in [1.82, 2.24) is 20.5 Å². The lowest BCUT2D eigenvalue weighted by atomic mass is 9.99. The molecule has 0 aliphatic carbocycles. The zero-order valence-electron chi connectivity index (χ0n) is 14.5. The molecule has 2 atom stereocenters. The normalized spacial score (nSPS) is 23.5. The van der Waals surface area contributed by atoms with Crippen LogP contribution < -0.4 is 10.6 Å². The van der Waals surface area contributed by atoms with Crippen molar-refractivity contribution in [2.45, 2.75) is 50.6 Å². The maximum Gasteiger partial charge on any atom is 0.315 e. The summed E-state index contributed by atoms with van der Waals surface area (Å²) in [4.78, 5) is 19.4. The van der Waals surface area contributed by atoms with E-state index >= 15 is 0 Å². The molecule has 5 nitrogen and oxygen atoms in total. The average molecular weight is 359 g/mol. The number of piperidine rings is 1. The van der Waals surface area contributed by atoms with Crippen LogP contribution in [0.3, 0.4) is 0 Å². The van der Waals surface area contributed by atoms with Crippen LogP contribution >= 0.6 is 11.3 Å². The van der Waals surface area contributed by atoms with Crippen molar-refractivity contribution in [3.63, 3.8) is 0 Å². The van der Waals surface area contributed by atoms with Gasteiger partial charge in [-0.1, -0.05) is 18.6 Å². The first-order valence-corrected chi connectivity index (χ1v) is 10.2. The zero-order valence-corrected chi connectivity index (χ0v) is 15.4. The Hall–Kier alpha value is -1.66. The molecule has 4 rings (SSSR count). The summed E-state index contributed by atoms with van der Waals surface area (Å²) in [6.07, 6.45) is 6.75. The van der Waals surface area contributed by atoms with E-state index in [9.17, 15) is 4.79 Å². The minimum absolute atomic E-state index is 0.0123. The minimum Gasteiger partial charge on any atom is -0.338 e. The van der Waals surface area contributed by atoms with Gasteiger partial charge in [0.2, 0.25) is 0 Å². The molecule has 1 aromatic carbocycles. The summed E-state index contributed by atoms with van der Waals surface area (Å²) in [6, 6.07) is 9.10. The fourth-order valence-electron chi connectivity index (χ4n) is 4.10. The molecule has 2 aliphatic rings. The Morgan fingerprint density at radius 3 is 3.08 bits per heavy atom. The van der Waals surface area contributed by atoms with E-state index in [0.29, 0.717) is 18.6 Å². The number of hydrogen-bond acceptors (Lipinski definition) is 4. The third-order valence-electron chi connectivity index (χ3n) is 5.36. The number of rotatable bonds is 5. The Labute approximate surface area is 152 Å². The van der Waals surface area contributed by atoms with Gasteiger partial charge in [0.1, 0.15) is 0 Å². The standard InChI is InChI=1S/C19H26N4OS/c24-19(22-14-10-13-23-12-4-3-7-16(14)23)20-11-5-9-18-21-15-6-1-2-8-17(15)25-18/h1-2,6,8,14,16H,3-5,7,9-13H2,(H2,20,22,24)/t14-,16-/m1/s1. The largest absolute Gasteiger partial charge is 0.338 e. The van der Waals surface area contributed by atoms with E-state index in [1.165, 1.54) is 30.5 Å². The number of hydrogen-bond donors (Lipinski definition) is 2. The summed E-state index contributed by atoms with van der Waals surface area (Å²) in [7, 11) is 0. The van der Waals surface area contributed by atoms with Crippen LogP contribution in [0.4, 0.5) is 4.79 Å². The smallest absolute Gasteiger partial charge is 0.315 e. The third-order valence-corrected chi connectivity index (χ3v) is 6.46. The van der Waals surface area contributed by atoms with Gasteiger partial charge in [-0.3, -0.25) is 4.90 Å². The molecule has 2 aliphatic heterocycles. The lowest BCUT2D eigenvalue weighted by Crippen LogP contribution is -2.49. The highest BCUT2D eigenvalue weighted by Gasteiger charge is 2.36. The van der Waals surface area contributed by atoms with Gasteiger partial charge in [-0.05, 0) is 44.4 Å². The minimum atomic E-state index is -0.0123. The number of nitrogens with zero attached hydrogens (tertiary/aromatic N) is 2. The monoisotopic (exact) mass is 358 g/mol. The Kier molecular flexibility index (Phi) is 5.17. The average Bonchev–Trinajstić information content (AvgIpc) is 3.23. The van der Waals surface area contributed by atoms with Gasteiger partial charge in [0, 0.05) is 31.6 Å². The van der Waals surface area contributed by atoms with E-state index in [1.54, 1.807) is 11.3 Å². The van der Waals surface area contributed by atoms with E-state index in [4.69, 9.17) is 0 Å². The van der Waals surface area contributed by atoms with Crippen molar-refractivity contribution >= 4 is 27.6 Å². The molecule has 2 N–H and O–H groups in total. The van der Waals surface area contributed by atoms with E-state index in [0.717, 1.165) is 36.3 Å². The van der Waals surface area contributed by atoms with E-state index in [2.05, 4.69) is 32.7 Å². The third kappa shape index (κ3) is 3.96. The fraction of sp³-hybridized carbons (Fsp3) is 0.579. The van der Waals surface area contributed by atoms with Gasteiger partial charge >= 0.3 is 6.03 Å². The molecular formula is C19H26N4OS. The summed E-state index contributed by atoms with van der Waals surface area (Å²) < 4.78 is 1.24. The highest BCUT2D eigenvalue weighted by atomic mass is 32.1. The molecule has 2 saturated heterocycles. The van der Waals surface area contributed by atoms with Crippen LogP contribution in [0.1, 0.15) is 37.1 Å². The highest BCUT2D eigenvalue weighted by molar-refractivity contribution is 7.18. The number of carbonyl (C=O) groups excluding carboxylic acids is 1. The second-order valence-corrected chi connectivity index (χ2v) is 8.19. The van der Waals surface area contributed by atoms with Crippen LogP contribution in [0.5, 0.6) is 0 Å². The van der Waals surface area contributed by atoms with Crippen molar-refractivity contribution < 1.29 is 4.79 Å². The number of para-hydroxylation sites is 1. The van der Waals surface area contributed by atoms with Gasteiger partial charge in [0.25, 0.3) is 0 Å². The number of aromatic nitrogens is 1. The van der Waals surface area contributed by atoms with Crippen molar-refractivity contribution in [3.05, 3.63) is 29.3 Å². The van der Waals surface area contributed by atoms with Gasteiger partial charge in [-0.2, -0.15) is 0 Å². The summed E-state index contributed by atoms with van der Waals surface area (Å²) in [5, 5.41) is 7.36. The molecule has 0 spiro atoms. The summed E-state index contributed by atoms with van der Waals surface area (Å²) in [5.74, 6) is 0. The summed E-state index contributed by atoms with van der Waals surface area (Å²) in [6.45, 7) is 3.03. The molecule has 2 fully saturated rings. The number of nitrogens with one attached hydrogen (secondary N) is 2. The molecule has 134 valence electrons. The van der Waals surface area contributed by atoms with Gasteiger partial charge in [0.15, 0.2) is 0 Å². The molecule has 0 radical (unpaired) electrons. The number of amides is 2. The Bertz CT molecular complexity index is 698. The molecule has 0 saturated carbocycles. The highest BCUT2D eigenvalue weighted by Crippen LogP contribution is 2.27. The van der Waals surface area contributed by atoms with Gasteiger partial charge in [-0.25, -0.2) is 9.78 Å². The van der Waals surface area contributed by atoms with Crippen molar-refractivity contribution in [1.29, 1.82) is 0 Å². The predicted octanol–water partition coefficient (Wildman–Crippen LogP) is 3.15. The maximum atomic E-state index is 12.2. The summed E-state index contributed by atoms with van der Waals surface area (Å²) >= 11 is 1.75. The molecule has 1 aromatic heterocycles. The number of benzene rings is 1. The van der Waals surface area contributed by atoms with E-state index in [-0.39, 0.29) is 6.03 Å². The van der Waals surface area contributed by atoms with Crippen LogP contribution in [0.2, 0.25) is 0 Å². The lowest BCUT2D eigenvalue weighted by Gasteiger charge is -2.32.